The number of benzene rings is 2. The predicted molar refractivity (Wildman–Crippen MR) is 130 cm³/mol. The van der Waals surface area contributed by atoms with Gasteiger partial charge in [0.15, 0.2) is 11.3 Å². The van der Waals surface area contributed by atoms with Gasteiger partial charge < -0.3 is 10.8 Å². The van der Waals surface area contributed by atoms with E-state index >= 15 is 0 Å². The number of nitrogens with zero attached hydrogens (tertiary/aromatic N) is 4. The van der Waals surface area contributed by atoms with Crippen LogP contribution in [0.5, 0.6) is 0 Å². The third kappa shape index (κ3) is 3.36. The summed E-state index contributed by atoms with van der Waals surface area (Å²) in [6.45, 7) is 3.73. The van der Waals surface area contributed by atoms with Crippen LogP contribution in [0, 0.1) is 12.7 Å². The van der Waals surface area contributed by atoms with Crippen LogP contribution < -0.4 is 5.73 Å². The van der Waals surface area contributed by atoms with Crippen molar-refractivity contribution in [3.8, 4) is 22.4 Å². The molecule has 3 N–H and O–H groups in total. The molecule has 34 heavy (non-hydrogen) atoms. The Morgan fingerprint density at radius 1 is 1.03 bits per heavy atom. The summed E-state index contributed by atoms with van der Waals surface area (Å²) in [7, 11) is 0. The quantitative estimate of drug-likeness (QED) is 0.411. The zero-order valence-electron chi connectivity index (χ0n) is 19.0. The first-order valence-electron chi connectivity index (χ1n) is 11.3. The van der Waals surface area contributed by atoms with Crippen LogP contribution in [0.15, 0.2) is 66.9 Å². The lowest BCUT2D eigenvalue weighted by atomic mass is 9.63. The average Bonchev–Trinajstić information content (AvgIpc) is 3.18. The Balaban J connectivity index is 1.54. The Bertz CT molecular complexity index is 1560. The Hall–Kier alpha value is -3.68. The van der Waals surface area contributed by atoms with E-state index in [1.165, 1.54) is 12.1 Å². The van der Waals surface area contributed by atoms with Gasteiger partial charge in [-0.1, -0.05) is 36.4 Å². The molecule has 170 valence electrons. The molecule has 1 saturated carbocycles. The number of fused-ring (bicyclic) bond motifs is 3. The molecule has 0 saturated heterocycles. The highest BCUT2D eigenvalue weighted by Gasteiger charge is 2.49. The Labute approximate surface area is 195 Å². The van der Waals surface area contributed by atoms with Crippen molar-refractivity contribution in [1.82, 2.24) is 19.6 Å². The number of rotatable bonds is 3. The summed E-state index contributed by atoms with van der Waals surface area (Å²) >= 11 is 0. The second kappa shape index (κ2) is 7.16. The molecule has 0 radical (unpaired) electrons. The van der Waals surface area contributed by atoms with E-state index in [1.54, 1.807) is 16.8 Å². The number of hydrogen-bond donors (Lipinski definition) is 2. The molecule has 0 unspecified atom stereocenters. The second-order valence-electron chi connectivity index (χ2n) is 9.71. The van der Waals surface area contributed by atoms with Crippen LogP contribution in [-0.2, 0) is 5.54 Å². The van der Waals surface area contributed by atoms with Crippen LogP contribution in [0.3, 0.4) is 0 Å². The van der Waals surface area contributed by atoms with E-state index in [0.29, 0.717) is 18.5 Å². The molecule has 0 aliphatic heterocycles. The van der Waals surface area contributed by atoms with E-state index in [2.05, 4.69) is 10.1 Å². The SMILES string of the molecule is Cc1cc2ncc3cc(-c4cccc(F)c4)c(-c4ccc([C@]5(N)C[C@](C)(O)C5)cc4)nc3n2n1. The lowest BCUT2D eigenvalue weighted by Gasteiger charge is -2.49. The molecule has 0 atom stereocenters. The van der Waals surface area contributed by atoms with Gasteiger partial charge in [-0.25, -0.2) is 14.4 Å². The van der Waals surface area contributed by atoms with Crippen molar-refractivity contribution in [1.29, 1.82) is 0 Å². The second-order valence-corrected chi connectivity index (χ2v) is 9.71. The minimum Gasteiger partial charge on any atom is -0.390 e. The molecule has 6 rings (SSSR count). The summed E-state index contributed by atoms with van der Waals surface area (Å²) in [6, 6.07) is 18.4. The standard InChI is InChI=1S/C27H24FN5O/c1-16-10-23-30-13-19-12-22(18-4-3-5-21(28)11-18)24(31-25(19)33(23)32-16)17-6-8-20(9-7-17)27(29)14-26(2,34)15-27/h3-13,34H,14-15,29H2,1-2H3/t26-,27-. The number of nitrogens with two attached hydrogens (primary N) is 1. The van der Waals surface area contributed by atoms with Crippen molar-refractivity contribution in [2.75, 3.05) is 0 Å². The van der Waals surface area contributed by atoms with Crippen LogP contribution in [-0.4, -0.2) is 30.3 Å². The third-order valence-electron chi connectivity index (χ3n) is 6.64. The first kappa shape index (κ1) is 20.9. The van der Waals surface area contributed by atoms with Gasteiger partial charge in [0.05, 0.1) is 17.0 Å². The Kier molecular flexibility index (Phi) is 4.40. The highest BCUT2D eigenvalue weighted by Crippen LogP contribution is 2.46. The lowest BCUT2D eigenvalue weighted by molar-refractivity contribution is -0.0738. The van der Waals surface area contributed by atoms with E-state index in [9.17, 15) is 9.50 Å². The van der Waals surface area contributed by atoms with Crippen LogP contribution in [0.25, 0.3) is 39.1 Å². The largest absolute Gasteiger partial charge is 0.390 e. The fourth-order valence-corrected chi connectivity index (χ4v) is 5.22. The van der Waals surface area contributed by atoms with Crippen LogP contribution >= 0.6 is 0 Å². The number of aryl methyl sites for hydroxylation is 1. The summed E-state index contributed by atoms with van der Waals surface area (Å²) < 4.78 is 15.9. The number of pyridine rings is 1. The topological polar surface area (TPSA) is 89.3 Å². The van der Waals surface area contributed by atoms with Gasteiger partial charge in [0.1, 0.15) is 5.82 Å². The van der Waals surface area contributed by atoms with Gasteiger partial charge in [-0.3, -0.25) is 0 Å². The maximum atomic E-state index is 14.1. The van der Waals surface area contributed by atoms with Crippen LogP contribution in [0.1, 0.15) is 31.0 Å². The highest BCUT2D eigenvalue weighted by molar-refractivity contribution is 5.90. The van der Waals surface area contributed by atoms with Crippen LogP contribution in [0.2, 0.25) is 0 Å². The fraction of sp³-hybridized carbons (Fsp3) is 0.222. The monoisotopic (exact) mass is 453 g/mol. The number of aromatic nitrogens is 4. The van der Waals surface area contributed by atoms with Gasteiger partial charge in [-0.2, -0.15) is 9.61 Å². The van der Waals surface area contributed by atoms with Gasteiger partial charge in [0.25, 0.3) is 0 Å². The summed E-state index contributed by atoms with van der Waals surface area (Å²) in [5, 5.41) is 15.6. The summed E-state index contributed by atoms with van der Waals surface area (Å²) in [5.74, 6) is -0.308. The van der Waals surface area contributed by atoms with Gasteiger partial charge in [-0.15, -0.1) is 0 Å². The van der Waals surface area contributed by atoms with Gasteiger partial charge in [0.2, 0.25) is 0 Å². The Morgan fingerprint density at radius 2 is 1.79 bits per heavy atom. The first-order chi connectivity index (χ1) is 16.2. The molecule has 3 heterocycles. The first-order valence-corrected chi connectivity index (χ1v) is 11.3. The maximum Gasteiger partial charge on any atom is 0.165 e. The fourth-order valence-electron chi connectivity index (χ4n) is 5.22. The molecular weight excluding hydrogens is 429 g/mol. The molecule has 7 heteroatoms. The molecule has 1 aliphatic carbocycles. The van der Waals surface area contributed by atoms with E-state index in [0.717, 1.165) is 44.7 Å². The van der Waals surface area contributed by atoms with E-state index in [4.69, 9.17) is 10.7 Å². The van der Waals surface area contributed by atoms with E-state index in [-0.39, 0.29) is 5.82 Å². The number of aliphatic hydroxyl groups is 1. The zero-order valence-corrected chi connectivity index (χ0v) is 19.0. The van der Waals surface area contributed by atoms with Gasteiger partial charge >= 0.3 is 0 Å². The minimum atomic E-state index is -0.723. The molecule has 3 aromatic heterocycles. The molecular formula is C27H24FN5O. The molecule has 2 aromatic carbocycles. The van der Waals surface area contributed by atoms with Crippen molar-refractivity contribution in [2.45, 2.75) is 37.8 Å². The summed E-state index contributed by atoms with van der Waals surface area (Å²) in [6.07, 6.45) is 2.81. The average molecular weight is 454 g/mol. The smallest absolute Gasteiger partial charge is 0.165 e. The normalized spacial score (nSPS) is 22.3. The van der Waals surface area contributed by atoms with Crippen molar-refractivity contribution >= 4 is 16.7 Å². The molecule has 0 spiro atoms. The van der Waals surface area contributed by atoms with Crippen molar-refractivity contribution in [2.24, 2.45) is 5.73 Å². The zero-order chi connectivity index (χ0) is 23.7. The van der Waals surface area contributed by atoms with Crippen molar-refractivity contribution in [3.05, 3.63) is 83.9 Å². The molecule has 5 aromatic rings. The Morgan fingerprint density at radius 3 is 2.50 bits per heavy atom. The summed E-state index contributed by atoms with van der Waals surface area (Å²) in [5.41, 5.74) is 11.6. The molecule has 0 bridgehead atoms. The van der Waals surface area contributed by atoms with Crippen molar-refractivity contribution < 1.29 is 9.50 Å². The highest BCUT2D eigenvalue weighted by atomic mass is 19.1. The summed E-state index contributed by atoms with van der Waals surface area (Å²) in [4.78, 5) is 9.51. The van der Waals surface area contributed by atoms with Crippen LogP contribution in [0.4, 0.5) is 4.39 Å². The minimum absolute atomic E-state index is 0.308. The maximum absolute atomic E-state index is 14.1. The molecule has 0 amide bonds. The van der Waals surface area contributed by atoms with Crippen molar-refractivity contribution in [3.63, 3.8) is 0 Å². The predicted octanol–water partition coefficient (Wildman–Crippen LogP) is 4.76. The van der Waals surface area contributed by atoms with E-state index < -0.39 is 11.1 Å². The van der Waals surface area contributed by atoms with E-state index in [1.807, 2.05) is 56.3 Å². The lowest BCUT2D eigenvalue weighted by Crippen LogP contribution is -2.58. The number of halogens is 1. The molecule has 6 nitrogen and oxygen atoms in total. The molecule has 1 fully saturated rings. The van der Waals surface area contributed by atoms with Gasteiger partial charge in [0, 0.05) is 34.3 Å². The van der Waals surface area contributed by atoms with Gasteiger partial charge in [-0.05, 0) is 56.0 Å². The molecule has 1 aliphatic rings. The third-order valence-corrected chi connectivity index (χ3v) is 6.64. The number of hydrogen-bond acceptors (Lipinski definition) is 5.